The van der Waals surface area contributed by atoms with Gasteiger partial charge in [-0.25, -0.2) is 8.42 Å². The molecule has 0 bridgehead atoms. The Hall–Kier alpha value is -3.73. The molecule has 0 radical (unpaired) electrons. The molecule has 0 spiro atoms. The molecule has 36 heavy (non-hydrogen) atoms. The van der Waals surface area contributed by atoms with Crippen LogP contribution in [0.1, 0.15) is 11.1 Å². The largest absolute Gasteiger partial charge is 0.489 e. The molecule has 1 aliphatic heterocycles. The van der Waals surface area contributed by atoms with Crippen molar-refractivity contribution in [2.24, 2.45) is 0 Å². The Kier molecular flexibility index (Phi) is 8.32. The third-order valence-corrected chi connectivity index (χ3v) is 7.46. The van der Waals surface area contributed by atoms with Crippen LogP contribution in [0.15, 0.2) is 83.8 Å². The van der Waals surface area contributed by atoms with Gasteiger partial charge in [-0.15, -0.1) is 0 Å². The average molecular weight is 510 g/mol. The predicted molar refractivity (Wildman–Crippen MR) is 134 cm³/mol. The van der Waals surface area contributed by atoms with Gasteiger partial charge in [0.25, 0.3) is 0 Å². The van der Waals surface area contributed by atoms with Gasteiger partial charge in [-0.05, 0) is 47.5 Å². The smallest absolute Gasteiger partial charge is 0.313 e. The van der Waals surface area contributed by atoms with E-state index in [0.717, 1.165) is 5.56 Å². The average Bonchev–Trinajstić information content (AvgIpc) is 2.92. The second-order valence-electron chi connectivity index (χ2n) is 8.10. The molecule has 0 aromatic heterocycles. The van der Waals surface area contributed by atoms with E-state index in [1.165, 1.54) is 16.4 Å². The van der Waals surface area contributed by atoms with Crippen LogP contribution >= 0.6 is 0 Å². The van der Waals surface area contributed by atoms with E-state index in [0.29, 0.717) is 49.9 Å². The van der Waals surface area contributed by atoms with Gasteiger partial charge in [0, 0.05) is 25.3 Å². The standard InChI is InChI=1S/C26H27N3O6S/c30-25(26(31)28-22-8-10-23(11-9-22)35-19-21-4-2-1-3-5-21)27-18-20-6-12-24(13-7-20)36(32,33)29-14-16-34-17-15-29/h1-13H,14-19H2,(H,27,30)(H,28,31). The normalized spacial score (nSPS) is 14.1. The molecule has 0 aliphatic carbocycles. The number of morpholine rings is 1. The van der Waals surface area contributed by atoms with E-state index in [2.05, 4.69) is 10.6 Å². The number of nitrogens with one attached hydrogen (secondary N) is 2. The Bertz CT molecular complexity index is 1270. The summed E-state index contributed by atoms with van der Waals surface area (Å²) in [6, 6.07) is 22.7. The maximum Gasteiger partial charge on any atom is 0.313 e. The fourth-order valence-corrected chi connectivity index (χ4v) is 4.95. The number of hydrogen-bond donors (Lipinski definition) is 2. The molecule has 1 heterocycles. The van der Waals surface area contributed by atoms with E-state index >= 15 is 0 Å². The summed E-state index contributed by atoms with van der Waals surface area (Å²) in [7, 11) is -3.59. The van der Waals surface area contributed by atoms with Crippen LogP contribution in [0.4, 0.5) is 5.69 Å². The molecule has 10 heteroatoms. The first-order valence-corrected chi connectivity index (χ1v) is 12.9. The third-order valence-electron chi connectivity index (χ3n) is 5.55. The van der Waals surface area contributed by atoms with Crippen LogP contribution in [-0.4, -0.2) is 50.8 Å². The lowest BCUT2D eigenvalue weighted by molar-refractivity contribution is -0.136. The molecule has 188 valence electrons. The van der Waals surface area contributed by atoms with E-state index in [9.17, 15) is 18.0 Å². The number of nitrogens with zero attached hydrogens (tertiary/aromatic N) is 1. The zero-order valence-electron chi connectivity index (χ0n) is 19.6. The summed E-state index contributed by atoms with van der Waals surface area (Å²) in [6.07, 6.45) is 0. The maximum atomic E-state index is 12.7. The van der Waals surface area contributed by atoms with Crippen LogP contribution in [-0.2, 0) is 37.5 Å². The van der Waals surface area contributed by atoms with Gasteiger partial charge in [0.15, 0.2) is 0 Å². The summed E-state index contributed by atoms with van der Waals surface area (Å²) in [4.78, 5) is 24.6. The Morgan fingerprint density at radius 3 is 2.17 bits per heavy atom. The number of anilines is 1. The van der Waals surface area contributed by atoms with Crippen molar-refractivity contribution in [1.82, 2.24) is 9.62 Å². The molecule has 0 saturated carbocycles. The lowest BCUT2D eigenvalue weighted by Crippen LogP contribution is -2.40. The van der Waals surface area contributed by atoms with Crippen molar-refractivity contribution in [3.8, 4) is 5.75 Å². The predicted octanol–water partition coefficient (Wildman–Crippen LogP) is 2.54. The highest BCUT2D eigenvalue weighted by molar-refractivity contribution is 7.89. The summed E-state index contributed by atoms with van der Waals surface area (Å²) in [5.41, 5.74) is 2.16. The minimum absolute atomic E-state index is 0.0798. The molecule has 4 rings (SSSR count). The number of benzene rings is 3. The molecule has 0 atom stereocenters. The van der Waals surface area contributed by atoms with Crippen molar-refractivity contribution in [3.05, 3.63) is 90.0 Å². The Morgan fingerprint density at radius 1 is 0.833 bits per heavy atom. The SMILES string of the molecule is O=C(NCc1ccc(S(=O)(=O)N2CCOCC2)cc1)C(=O)Nc1ccc(OCc2ccccc2)cc1. The molecule has 0 unspecified atom stereocenters. The molecule has 1 aliphatic rings. The van der Waals surface area contributed by atoms with Crippen molar-refractivity contribution in [1.29, 1.82) is 0 Å². The van der Waals surface area contributed by atoms with E-state index in [-0.39, 0.29) is 11.4 Å². The summed E-state index contributed by atoms with van der Waals surface area (Å²) in [6.45, 7) is 1.89. The highest BCUT2D eigenvalue weighted by atomic mass is 32.2. The van der Waals surface area contributed by atoms with Crippen LogP contribution in [0, 0.1) is 0 Å². The fourth-order valence-electron chi connectivity index (χ4n) is 3.54. The first kappa shape index (κ1) is 25.4. The van der Waals surface area contributed by atoms with E-state index < -0.39 is 21.8 Å². The number of rotatable bonds is 8. The Morgan fingerprint density at radius 2 is 1.50 bits per heavy atom. The maximum absolute atomic E-state index is 12.7. The zero-order valence-corrected chi connectivity index (χ0v) is 20.4. The van der Waals surface area contributed by atoms with Gasteiger partial charge in [0.1, 0.15) is 12.4 Å². The lowest BCUT2D eigenvalue weighted by atomic mass is 10.2. The number of hydrogen-bond acceptors (Lipinski definition) is 6. The van der Waals surface area contributed by atoms with Gasteiger partial charge >= 0.3 is 11.8 Å². The fraction of sp³-hybridized carbons (Fsp3) is 0.231. The molecule has 3 aromatic carbocycles. The zero-order chi connectivity index (χ0) is 25.4. The van der Waals surface area contributed by atoms with E-state index in [1.807, 2.05) is 30.3 Å². The van der Waals surface area contributed by atoms with Crippen LogP contribution in [0.25, 0.3) is 0 Å². The molecule has 1 saturated heterocycles. The van der Waals surface area contributed by atoms with Gasteiger partial charge in [-0.2, -0.15) is 4.31 Å². The summed E-state index contributed by atoms with van der Waals surface area (Å²) in [5, 5.41) is 5.08. The van der Waals surface area contributed by atoms with Crippen molar-refractivity contribution in [2.75, 3.05) is 31.6 Å². The van der Waals surface area contributed by atoms with E-state index in [4.69, 9.17) is 9.47 Å². The van der Waals surface area contributed by atoms with Crippen LogP contribution < -0.4 is 15.4 Å². The Labute approximate surface area is 210 Å². The third kappa shape index (κ3) is 6.69. The first-order valence-electron chi connectivity index (χ1n) is 11.4. The number of carbonyl (C=O) groups excluding carboxylic acids is 2. The van der Waals surface area contributed by atoms with Gasteiger partial charge in [-0.1, -0.05) is 42.5 Å². The second-order valence-corrected chi connectivity index (χ2v) is 10.0. The first-order chi connectivity index (χ1) is 17.4. The van der Waals surface area contributed by atoms with Crippen molar-refractivity contribution >= 4 is 27.5 Å². The van der Waals surface area contributed by atoms with Gasteiger partial charge < -0.3 is 20.1 Å². The Balaban J connectivity index is 1.24. The van der Waals surface area contributed by atoms with Gasteiger partial charge in [0.05, 0.1) is 18.1 Å². The van der Waals surface area contributed by atoms with Crippen molar-refractivity contribution in [3.63, 3.8) is 0 Å². The van der Waals surface area contributed by atoms with E-state index in [1.54, 1.807) is 36.4 Å². The lowest BCUT2D eigenvalue weighted by Gasteiger charge is -2.26. The van der Waals surface area contributed by atoms with Crippen LogP contribution in [0.5, 0.6) is 5.75 Å². The number of ether oxygens (including phenoxy) is 2. The minimum atomic E-state index is -3.59. The van der Waals surface area contributed by atoms with Crippen LogP contribution in [0.2, 0.25) is 0 Å². The molecule has 9 nitrogen and oxygen atoms in total. The highest BCUT2D eigenvalue weighted by Crippen LogP contribution is 2.19. The van der Waals surface area contributed by atoms with Crippen molar-refractivity contribution in [2.45, 2.75) is 18.0 Å². The van der Waals surface area contributed by atoms with Crippen LogP contribution in [0.3, 0.4) is 0 Å². The second kappa shape index (κ2) is 11.8. The molecule has 2 amide bonds. The molecule has 1 fully saturated rings. The van der Waals surface area contributed by atoms with Crippen molar-refractivity contribution < 1.29 is 27.5 Å². The number of sulfonamides is 1. The molecular formula is C26H27N3O6S. The number of carbonyl (C=O) groups is 2. The summed E-state index contributed by atoms with van der Waals surface area (Å²) < 4.78 is 37.7. The summed E-state index contributed by atoms with van der Waals surface area (Å²) in [5.74, 6) is -0.968. The van der Waals surface area contributed by atoms with Gasteiger partial charge in [-0.3, -0.25) is 9.59 Å². The minimum Gasteiger partial charge on any atom is -0.489 e. The number of amides is 2. The molecule has 3 aromatic rings. The monoisotopic (exact) mass is 509 g/mol. The van der Waals surface area contributed by atoms with Gasteiger partial charge in [0.2, 0.25) is 10.0 Å². The quantitative estimate of drug-likeness (QED) is 0.451. The molecule has 2 N–H and O–H groups in total. The topological polar surface area (TPSA) is 114 Å². The summed E-state index contributed by atoms with van der Waals surface area (Å²) >= 11 is 0. The highest BCUT2D eigenvalue weighted by Gasteiger charge is 2.26. The molecular weight excluding hydrogens is 482 g/mol.